The molecule has 0 aromatic heterocycles. The van der Waals surface area contributed by atoms with Crippen LogP contribution in [0, 0.1) is 0 Å². The van der Waals surface area contributed by atoms with Gasteiger partial charge in [0.1, 0.15) is 0 Å². The van der Waals surface area contributed by atoms with Gasteiger partial charge in [-0.15, -0.1) is 0 Å². The van der Waals surface area contributed by atoms with Crippen molar-refractivity contribution < 1.29 is 9.59 Å². The Kier molecular flexibility index (Phi) is 5.35. The molecule has 3 rings (SSSR count). The van der Waals surface area contributed by atoms with Gasteiger partial charge in [0, 0.05) is 43.5 Å². The topological polar surface area (TPSA) is 64.7 Å². The minimum Gasteiger partial charge on any atom is -0.326 e. The van der Waals surface area contributed by atoms with Crippen molar-refractivity contribution in [3.63, 3.8) is 0 Å². The van der Waals surface area contributed by atoms with Crippen molar-refractivity contribution in [3.05, 3.63) is 24.3 Å². The second kappa shape index (κ2) is 7.66. The van der Waals surface area contributed by atoms with Gasteiger partial charge in [0.05, 0.1) is 0 Å². The first-order valence-electron chi connectivity index (χ1n) is 8.85. The first-order valence-corrected chi connectivity index (χ1v) is 8.85. The molecular formula is C18H26N4O2. The molecule has 1 aromatic rings. The molecule has 2 aliphatic heterocycles. The van der Waals surface area contributed by atoms with Gasteiger partial charge >= 0.3 is 6.03 Å². The molecule has 6 nitrogen and oxygen atoms in total. The Morgan fingerprint density at radius 3 is 2.71 bits per heavy atom. The van der Waals surface area contributed by atoms with Crippen molar-refractivity contribution in [2.45, 2.75) is 38.6 Å². The molecule has 0 unspecified atom stereocenters. The molecular weight excluding hydrogens is 304 g/mol. The molecule has 2 fully saturated rings. The summed E-state index contributed by atoms with van der Waals surface area (Å²) in [5, 5.41) is 5.77. The predicted octanol–water partition coefficient (Wildman–Crippen LogP) is 2.74. The molecule has 0 aliphatic carbocycles. The van der Waals surface area contributed by atoms with Crippen molar-refractivity contribution in [2.75, 3.05) is 36.8 Å². The Morgan fingerprint density at radius 1 is 1.12 bits per heavy atom. The monoisotopic (exact) mass is 330 g/mol. The number of anilines is 2. The minimum atomic E-state index is -0.0563. The Labute approximate surface area is 143 Å². The summed E-state index contributed by atoms with van der Waals surface area (Å²) >= 11 is 0. The molecule has 130 valence electrons. The van der Waals surface area contributed by atoms with E-state index in [9.17, 15) is 9.59 Å². The summed E-state index contributed by atoms with van der Waals surface area (Å²) in [5.41, 5.74) is 1.41. The summed E-state index contributed by atoms with van der Waals surface area (Å²) in [6.07, 6.45) is 4.15. The number of nitrogens with one attached hydrogen (secondary N) is 2. The van der Waals surface area contributed by atoms with Gasteiger partial charge in [-0.3, -0.25) is 9.69 Å². The summed E-state index contributed by atoms with van der Waals surface area (Å²) < 4.78 is 0. The van der Waals surface area contributed by atoms with Gasteiger partial charge in [0.25, 0.3) is 0 Å². The number of benzene rings is 1. The number of rotatable bonds is 3. The normalized spacial score (nSPS) is 21.0. The number of hydrogen-bond donors (Lipinski definition) is 2. The number of nitrogens with zero attached hydrogens (tertiary/aromatic N) is 2. The van der Waals surface area contributed by atoms with E-state index < -0.39 is 0 Å². The lowest BCUT2D eigenvalue weighted by molar-refractivity contribution is -0.115. The summed E-state index contributed by atoms with van der Waals surface area (Å²) in [6.45, 7) is 5.52. The number of piperidine rings is 1. The second-order valence-corrected chi connectivity index (χ2v) is 6.54. The Morgan fingerprint density at radius 2 is 1.92 bits per heavy atom. The van der Waals surface area contributed by atoms with Gasteiger partial charge in [-0.2, -0.15) is 0 Å². The maximum atomic E-state index is 12.5. The van der Waals surface area contributed by atoms with Crippen LogP contribution < -0.4 is 10.6 Å². The average molecular weight is 330 g/mol. The van der Waals surface area contributed by atoms with Gasteiger partial charge in [-0.1, -0.05) is 19.4 Å². The number of amides is 3. The molecule has 0 radical (unpaired) electrons. The first-order chi connectivity index (χ1) is 11.7. The zero-order valence-electron chi connectivity index (χ0n) is 14.3. The van der Waals surface area contributed by atoms with E-state index in [1.165, 1.54) is 25.8 Å². The largest absolute Gasteiger partial charge is 0.326 e. The quantitative estimate of drug-likeness (QED) is 0.896. The molecule has 2 aliphatic rings. The van der Waals surface area contributed by atoms with Gasteiger partial charge in [0.15, 0.2) is 0 Å². The van der Waals surface area contributed by atoms with Crippen LogP contribution in [-0.2, 0) is 4.79 Å². The van der Waals surface area contributed by atoms with Crippen molar-refractivity contribution >= 4 is 23.3 Å². The van der Waals surface area contributed by atoms with Gasteiger partial charge in [-0.25, -0.2) is 4.79 Å². The lowest BCUT2D eigenvalue weighted by Crippen LogP contribution is -2.56. The standard InChI is InChI=1S/C18H26N4O2/c1-2-17(23)19-14-6-5-7-15(12-14)20-18(24)22-11-10-21-9-4-3-8-16(21)13-22/h5-7,12,16H,2-4,8-11,13H2,1H3,(H,19,23)(H,20,24)/t16-/m1/s1. The van der Waals surface area contributed by atoms with E-state index in [1.807, 2.05) is 30.0 Å². The second-order valence-electron chi connectivity index (χ2n) is 6.54. The lowest BCUT2D eigenvalue weighted by Gasteiger charge is -2.43. The molecule has 24 heavy (non-hydrogen) atoms. The number of carbonyl (C=O) groups excluding carboxylic acids is 2. The van der Waals surface area contributed by atoms with Crippen molar-refractivity contribution in [1.29, 1.82) is 0 Å². The van der Waals surface area contributed by atoms with E-state index >= 15 is 0 Å². The zero-order valence-corrected chi connectivity index (χ0v) is 14.3. The van der Waals surface area contributed by atoms with Gasteiger partial charge in [0.2, 0.25) is 5.91 Å². The Balaban J connectivity index is 1.58. The van der Waals surface area contributed by atoms with E-state index in [0.717, 1.165) is 19.6 Å². The highest BCUT2D eigenvalue weighted by Gasteiger charge is 2.30. The molecule has 1 aromatic carbocycles. The number of piperazine rings is 1. The maximum Gasteiger partial charge on any atom is 0.321 e. The fourth-order valence-corrected chi connectivity index (χ4v) is 3.47. The van der Waals surface area contributed by atoms with Crippen LogP contribution in [0.4, 0.5) is 16.2 Å². The van der Waals surface area contributed by atoms with Crippen LogP contribution in [-0.4, -0.2) is 54.0 Å². The summed E-state index contributed by atoms with van der Waals surface area (Å²) in [6, 6.07) is 7.75. The predicted molar refractivity (Wildman–Crippen MR) is 95.2 cm³/mol. The third kappa shape index (κ3) is 4.06. The van der Waals surface area contributed by atoms with Gasteiger partial charge in [-0.05, 0) is 37.6 Å². The Hall–Kier alpha value is -2.08. The van der Waals surface area contributed by atoms with Crippen LogP contribution in [0.5, 0.6) is 0 Å². The van der Waals surface area contributed by atoms with Crippen molar-refractivity contribution in [1.82, 2.24) is 9.80 Å². The molecule has 2 saturated heterocycles. The Bertz CT molecular complexity index is 604. The van der Waals surface area contributed by atoms with E-state index in [4.69, 9.17) is 0 Å². The van der Waals surface area contributed by atoms with E-state index in [2.05, 4.69) is 15.5 Å². The summed E-state index contributed by atoms with van der Waals surface area (Å²) in [7, 11) is 0. The lowest BCUT2D eigenvalue weighted by atomic mass is 10.00. The zero-order chi connectivity index (χ0) is 16.9. The molecule has 0 saturated carbocycles. The van der Waals surface area contributed by atoms with Gasteiger partial charge < -0.3 is 15.5 Å². The third-order valence-electron chi connectivity index (χ3n) is 4.84. The molecule has 2 heterocycles. The van der Waals surface area contributed by atoms with Crippen LogP contribution in [0.25, 0.3) is 0 Å². The maximum absolute atomic E-state index is 12.5. The fraction of sp³-hybridized carbons (Fsp3) is 0.556. The molecule has 6 heteroatoms. The third-order valence-corrected chi connectivity index (χ3v) is 4.84. The number of fused-ring (bicyclic) bond motifs is 1. The number of urea groups is 1. The molecule has 0 bridgehead atoms. The SMILES string of the molecule is CCC(=O)Nc1cccc(NC(=O)N2CCN3CCCC[C@@H]3C2)c1. The highest BCUT2D eigenvalue weighted by molar-refractivity contribution is 5.93. The number of carbonyl (C=O) groups is 2. The van der Waals surface area contributed by atoms with E-state index in [1.54, 1.807) is 6.07 Å². The summed E-state index contributed by atoms with van der Waals surface area (Å²) in [4.78, 5) is 28.4. The fourth-order valence-electron chi connectivity index (χ4n) is 3.47. The molecule has 1 atom stereocenters. The summed E-state index contributed by atoms with van der Waals surface area (Å²) in [5.74, 6) is -0.0353. The van der Waals surface area contributed by atoms with Crippen LogP contribution in [0.15, 0.2) is 24.3 Å². The molecule has 2 N–H and O–H groups in total. The van der Waals surface area contributed by atoms with Crippen molar-refractivity contribution in [2.24, 2.45) is 0 Å². The highest BCUT2D eigenvalue weighted by atomic mass is 16.2. The van der Waals surface area contributed by atoms with Crippen LogP contribution in [0.1, 0.15) is 32.6 Å². The molecule has 0 spiro atoms. The smallest absolute Gasteiger partial charge is 0.321 e. The van der Waals surface area contributed by atoms with Crippen LogP contribution >= 0.6 is 0 Å². The van der Waals surface area contributed by atoms with E-state index in [-0.39, 0.29) is 11.9 Å². The average Bonchev–Trinajstić information content (AvgIpc) is 2.61. The molecule has 3 amide bonds. The highest BCUT2D eigenvalue weighted by Crippen LogP contribution is 2.22. The minimum absolute atomic E-state index is 0.0353. The van der Waals surface area contributed by atoms with Crippen LogP contribution in [0.3, 0.4) is 0 Å². The first kappa shape index (κ1) is 16.8. The van der Waals surface area contributed by atoms with Crippen molar-refractivity contribution in [3.8, 4) is 0 Å². The van der Waals surface area contributed by atoms with E-state index in [0.29, 0.717) is 23.8 Å². The van der Waals surface area contributed by atoms with Crippen LogP contribution in [0.2, 0.25) is 0 Å². The number of hydrogen-bond acceptors (Lipinski definition) is 3.